The van der Waals surface area contributed by atoms with Crippen LogP contribution in [0, 0.1) is 4.64 Å². The maximum Gasteiger partial charge on any atom is 0.251 e. The molecule has 2 rings (SSSR count). The molecule has 1 saturated carbocycles. The van der Waals surface area contributed by atoms with E-state index in [0.717, 1.165) is 12.8 Å². The third-order valence-electron chi connectivity index (χ3n) is 3.21. The Balaban J connectivity index is 2.37. The Hall–Kier alpha value is -1.16. The van der Waals surface area contributed by atoms with Crippen LogP contribution in [0.3, 0.4) is 0 Å². The standard InChI is InChI=1S/C12H16N2OS/c13-11(15)10-7-4-8-14(12(10)16)9-5-2-1-3-6-9/h4,7-9H,1-3,5-6H2,(H2,13,15). The van der Waals surface area contributed by atoms with Crippen LogP contribution in [0.2, 0.25) is 0 Å². The summed E-state index contributed by atoms with van der Waals surface area (Å²) < 4.78 is 2.62. The van der Waals surface area contributed by atoms with Crippen LogP contribution in [-0.4, -0.2) is 10.5 Å². The van der Waals surface area contributed by atoms with Gasteiger partial charge in [0.1, 0.15) is 4.64 Å². The molecule has 0 aliphatic heterocycles. The number of pyridine rings is 1. The SMILES string of the molecule is NC(=O)c1cccn(C2CCCCC2)c1=S. The molecular formula is C12H16N2OS. The van der Waals surface area contributed by atoms with E-state index in [1.54, 1.807) is 6.07 Å². The van der Waals surface area contributed by atoms with Crippen LogP contribution in [0.4, 0.5) is 0 Å². The fraction of sp³-hybridized carbons (Fsp3) is 0.500. The Kier molecular flexibility index (Phi) is 3.39. The molecule has 1 amide bonds. The molecule has 0 spiro atoms. The van der Waals surface area contributed by atoms with Gasteiger partial charge in [0, 0.05) is 12.2 Å². The van der Waals surface area contributed by atoms with Crippen molar-refractivity contribution in [2.75, 3.05) is 0 Å². The number of nitrogens with zero attached hydrogens (tertiary/aromatic N) is 1. The van der Waals surface area contributed by atoms with Crippen molar-refractivity contribution in [2.45, 2.75) is 38.1 Å². The second kappa shape index (κ2) is 4.78. The normalized spacial score (nSPS) is 17.2. The van der Waals surface area contributed by atoms with Crippen LogP contribution in [0.15, 0.2) is 18.3 Å². The molecule has 1 aliphatic carbocycles. The van der Waals surface area contributed by atoms with Crippen molar-refractivity contribution in [1.82, 2.24) is 4.57 Å². The molecule has 0 saturated heterocycles. The lowest BCUT2D eigenvalue weighted by molar-refractivity contribution is 0.0998. The lowest BCUT2D eigenvalue weighted by Crippen LogP contribution is -2.18. The van der Waals surface area contributed by atoms with Crippen molar-refractivity contribution < 1.29 is 4.79 Å². The zero-order valence-corrected chi connectivity index (χ0v) is 10.0. The number of carbonyl (C=O) groups is 1. The minimum absolute atomic E-state index is 0.435. The van der Waals surface area contributed by atoms with Crippen molar-refractivity contribution in [1.29, 1.82) is 0 Å². The molecule has 1 aliphatic rings. The number of aromatic nitrogens is 1. The van der Waals surface area contributed by atoms with Crippen molar-refractivity contribution in [3.63, 3.8) is 0 Å². The first-order valence-corrected chi connectivity index (χ1v) is 6.12. The predicted molar refractivity (Wildman–Crippen MR) is 65.9 cm³/mol. The van der Waals surface area contributed by atoms with Gasteiger partial charge in [0.25, 0.3) is 5.91 Å². The van der Waals surface area contributed by atoms with Crippen LogP contribution in [-0.2, 0) is 0 Å². The van der Waals surface area contributed by atoms with Gasteiger partial charge < -0.3 is 10.3 Å². The van der Waals surface area contributed by atoms with E-state index in [1.165, 1.54) is 19.3 Å². The highest BCUT2D eigenvalue weighted by atomic mass is 32.1. The number of carbonyl (C=O) groups excluding carboxylic acids is 1. The summed E-state index contributed by atoms with van der Waals surface area (Å²) in [6.07, 6.45) is 8.05. The van der Waals surface area contributed by atoms with E-state index >= 15 is 0 Å². The molecule has 0 bridgehead atoms. The quantitative estimate of drug-likeness (QED) is 0.803. The maximum absolute atomic E-state index is 11.2. The van der Waals surface area contributed by atoms with Crippen molar-refractivity contribution >= 4 is 18.1 Å². The zero-order valence-electron chi connectivity index (χ0n) is 9.19. The van der Waals surface area contributed by atoms with E-state index in [1.807, 2.05) is 16.8 Å². The van der Waals surface area contributed by atoms with Gasteiger partial charge in [-0.05, 0) is 25.0 Å². The summed E-state index contributed by atoms with van der Waals surface area (Å²) in [6, 6.07) is 4.00. The lowest BCUT2D eigenvalue weighted by Gasteiger charge is -2.25. The predicted octanol–water partition coefficient (Wildman–Crippen LogP) is 2.82. The van der Waals surface area contributed by atoms with Crippen molar-refractivity contribution in [2.24, 2.45) is 5.73 Å². The van der Waals surface area contributed by atoms with E-state index in [4.69, 9.17) is 18.0 Å². The highest BCUT2D eigenvalue weighted by Gasteiger charge is 2.16. The third kappa shape index (κ3) is 2.16. The molecule has 0 radical (unpaired) electrons. The summed E-state index contributed by atoms with van der Waals surface area (Å²) >= 11 is 5.31. The topological polar surface area (TPSA) is 48.0 Å². The highest BCUT2D eigenvalue weighted by Crippen LogP contribution is 2.28. The van der Waals surface area contributed by atoms with E-state index < -0.39 is 5.91 Å². The summed E-state index contributed by atoms with van der Waals surface area (Å²) in [4.78, 5) is 11.2. The molecule has 0 aromatic carbocycles. The first kappa shape index (κ1) is 11.3. The third-order valence-corrected chi connectivity index (χ3v) is 3.64. The number of nitrogens with two attached hydrogens (primary N) is 1. The number of hydrogen-bond acceptors (Lipinski definition) is 2. The van der Waals surface area contributed by atoms with Gasteiger partial charge in [-0.1, -0.05) is 31.5 Å². The number of rotatable bonds is 2. The van der Waals surface area contributed by atoms with Gasteiger partial charge in [-0.15, -0.1) is 0 Å². The summed E-state index contributed by atoms with van der Waals surface area (Å²) in [5.41, 5.74) is 5.76. The molecule has 1 aromatic rings. The lowest BCUT2D eigenvalue weighted by atomic mass is 9.95. The van der Waals surface area contributed by atoms with Crippen LogP contribution in [0.1, 0.15) is 48.5 Å². The van der Waals surface area contributed by atoms with Gasteiger partial charge in [0.15, 0.2) is 0 Å². The van der Waals surface area contributed by atoms with Crippen molar-refractivity contribution in [3.8, 4) is 0 Å². The fourth-order valence-corrected chi connectivity index (χ4v) is 2.72. The largest absolute Gasteiger partial charge is 0.366 e. The smallest absolute Gasteiger partial charge is 0.251 e. The Morgan fingerprint density at radius 2 is 2.06 bits per heavy atom. The Morgan fingerprint density at radius 3 is 2.69 bits per heavy atom. The van der Waals surface area contributed by atoms with E-state index in [9.17, 15) is 4.79 Å². The summed E-state index contributed by atoms with van der Waals surface area (Å²) in [7, 11) is 0. The fourth-order valence-electron chi connectivity index (χ4n) is 2.34. The second-order valence-corrected chi connectivity index (χ2v) is 4.68. The van der Waals surface area contributed by atoms with Gasteiger partial charge in [-0.2, -0.15) is 0 Å². The van der Waals surface area contributed by atoms with E-state index in [-0.39, 0.29) is 0 Å². The first-order chi connectivity index (χ1) is 7.70. The van der Waals surface area contributed by atoms with Gasteiger partial charge in [-0.25, -0.2) is 0 Å². The Morgan fingerprint density at radius 1 is 1.38 bits per heavy atom. The second-order valence-electron chi connectivity index (χ2n) is 4.29. The molecule has 0 atom stereocenters. The number of hydrogen-bond donors (Lipinski definition) is 1. The molecule has 1 heterocycles. The number of primary amides is 1. The van der Waals surface area contributed by atoms with Crippen LogP contribution in [0.25, 0.3) is 0 Å². The van der Waals surface area contributed by atoms with Gasteiger partial charge in [0.2, 0.25) is 0 Å². The molecule has 1 aromatic heterocycles. The highest BCUT2D eigenvalue weighted by molar-refractivity contribution is 7.71. The summed E-state index contributed by atoms with van der Waals surface area (Å²) in [5, 5.41) is 0. The maximum atomic E-state index is 11.2. The van der Waals surface area contributed by atoms with Gasteiger partial charge in [0.05, 0.1) is 5.56 Å². The minimum Gasteiger partial charge on any atom is -0.366 e. The summed E-state index contributed by atoms with van der Waals surface area (Å²) in [6.45, 7) is 0. The van der Waals surface area contributed by atoms with Crippen molar-refractivity contribution in [3.05, 3.63) is 28.5 Å². The molecule has 2 N–H and O–H groups in total. The molecule has 4 heteroatoms. The molecule has 86 valence electrons. The van der Waals surface area contributed by atoms with E-state index in [0.29, 0.717) is 16.2 Å². The summed E-state index contributed by atoms with van der Waals surface area (Å²) in [5.74, 6) is -0.435. The average molecular weight is 236 g/mol. The zero-order chi connectivity index (χ0) is 11.5. The van der Waals surface area contributed by atoms with Gasteiger partial charge >= 0.3 is 0 Å². The van der Waals surface area contributed by atoms with Crippen LogP contribution < -0.4 is 5.73 Å². The Labute approximate surface area is 100 Å². The van der Waals surface area contributed by atoms with E-state index in [2.05, 4.69) is 0 Å². The monoisotopic (exact) mass is 236 g/mol. The molecule has 16 heavy (non-hydrogen) atoms. The molecular weight excluding hydrogens is 220 g/mol. The Bertz CT molecular complexity index is 447. The molecule has 3 nitrogen and oxygen atoms in total. The minimum atomic E-state index is -0.435. The van der Waals surface area contributed by atoms with Gasteiger partial charge in [-0.3, -0.25) is 4.79 Å². The first-order valence-electron chi connectivity index (χ1n) is 5.71. The van der Waals surface area contributed by atoms with Crippen LogP contribution in [0.5, 0.6) is 0 Å². The molecule has 0 unspecified atom stereocenters. The van der Waals surface area contributed by atoms with Crippen LogP contribution >= 0.6 is 12.2 Å². The number of amides is 1. The average Bonchev–Trinajstić information content (AvgIpc) is 2.30. The molecule has 1 fully saturated rings.